The third kappa shape index (κ3) is 4.33. The third-order valence-corrected chi connectivity index (χ3v) is 5.33. The van der Waals surface area contributed by atoms with Crippen molar-refractivity contribution in [2.24, 2.45) is 11.3 Å². The predicted molar refractivity (Wildman–Crippen MR) is 82.1 cm³/mol. The summed E-state index contributed by atoms with van der Waals surface area (Å²) >= 11 is 0. The fourth-order valence-electron chi connectivity index (χ4n) is 3.52. The zero-order valence-corrected chi connectivity index (χ0v) is 13.4. The van der Waals surface area contributed by atoms with E-state index in [2.05, 4.69) is 10.6 Å². The Morgan fingerprint density at radius 1 is 1.38 bits per heavy atom. The highest BCUT2D eigenvalue weighted by atomic mass is 16.5. The highest BCUT2D eigenvalue weighted by Gasteiger charge is 2.42. The van der Waals surface area contributed by atoms with Crippen LogP contribution in [0.2, 0.25) is 0 Å². The van der Waals surface area contributed by atoms with Gasteiger partial charge in [-0.25, -0.2) is 4.79 Å². The highest BCUT2D eigenvalue weighted by Crippen LogP contribution is 2.41. The number of carbonyl (C=O) groups excluding carboxylic acids is 1. The summed E-state index contributed by atoms with van der Waals surface area (Å²) in [6.07, 6.45) is 7.99. The fourth-order valence-corrected chi connectivity index (χ4v) is 3.52. The van der Waals surface area contributed by atoms with Crippen LogP contribution in [0.1, 0.15) is 51.9 Å². The van der Waals surface area contributed by atoms with Crippen LogP contribution in [0.15, 0.2) is 0 Å². The number of methoxy groups -OCH3 is 1. The maximum atomic E-state index is 12.2. The van der Waals surface area contributed by atoms with Crippen molar-refractivity contribution < 1.29 is 14.6 Å². The van der Waals surface area contributed by atoms with Crippen molar-refractivity contribution in [2.45, 2.75) is 57.4 Å². The minimum absolute atomic E-state index is 0.0000950. The van der Waals surface area contributed by atoms with Gasteiger partial charge in [0.25, 0.3) is 0 Å². The zero-order chi connectivity index (χ0) is 15.3. The van der Waals surface area contributed by atoms with Crippen molar-refractivity contribution in [3.8, 4) is 0 Å². The van der Waals surface area contributed by atoms with Gasteiger partial charge in [0, 0.05) is 20.3 Å². The molecule has 2 aliphatic carbocycles. The Labute approximate surface area is 127 Å². The average Bonchev–Trinajstić information content (AvgIpc) is 3.24. The summed E-state index contributed by atoms with van der Waals surface area (Å²) in [6, 6.07) is -0.151. The summed E-state index contributed by atoms with van der Waals surface area (Å²) in [6.45, 7) is 3.38. The Bertz CT molecular complexity index is 351. The van der Waals surface area contributed by atoms with Crippen molar-refractivity contribution in [3.05, 3.63) is 0 Å². The van der Waals surface area contributed by atoms with E-state index in [1.807, 2.05) is 6.92 Å². The lowest BCUT2D eigenvalue weighted by Crippen LogP contribution is -2.55. The number of aliphatic hydroxyl groups is 1. The molecule has 21 heavy (non-hydrogen) atoms. The van der Waals surface area contributed by atoms with Crippen LogP contribution in [-0.2, 0) is 4.74 Å². The van der Waals surface area contributed by atoms with Gasteiger partial charge in [-0.05, 0) is 50.4 Å². The minimum Gasteiger partial charge on any atom is -0.394 e. The van der Waals surface area contributed by atoms with Gasteiger partial charge in [0.15, 0.2) is 0 Å². The fraction of sp³-hybridized carbons (Fsp3) is 0.938. The van der Waals surface area contributed by atoms with Gasteiger partial charge in [0.05, 0.1) is 12.1 Å². The lowest BCUT2D eigenvalue weighted by molar-refractivity contribution is 0.132. The maximum Gasteiger partial charge on any atom is 0.315 e. The molecule has 1 atom stereocenters. The second kappa shape index (κ2) is 6.97. The Morgan fingerprint density at radius 3 is 2.57 bits per heavy atom. The highest BCUT2D eigenvalue weighted by molar-refractivity contribution is 5.75. The second-order valence-electron chi connectivity index (χ2n) is 7.11. The van der Waals surface area contributed by atoms with Gasteiger partial charge in [0.2, 0.25) is 0 Å². The van der Waals surface area contributed by atoms with Gasteiger partial charge in [-0.3, -0.25) is 0 Å². The molecule has 122 valence electrons. The largest absolute Gasteiger partial charge is 0.394 e. The van der Waals surface area contributed by atoms with E-state index in [1.165, 1.54) is 12.8 Å². The second-order valence-corrected chi connectivity index (χ2v) is 7.11. The number of hydrogen-bond acceptors (Lipinski definition) is 3. The molecule has 2 amide bonds. The van der Waals surface area contributed by atoms with E-state index in [9.17, 15) is 9.90 Å². The molecule has 0 aromatic rings. The van der Waals surface area contributed by atoms with E-state index in [-0.39, 0.29) is 18.1 Å². The molecule has 5 nitrogen and oxygen atoms in total. The van der Waals surface area contributed by atoms with E-state index in [1.54, 1.807) is 7.11 Å². The van der Waals surface area contributed by atoms with Crippen LogP contribution in [-0.4, -0.2) is 43.5 Å². The SMILES string of the molecule is COCCC1(CNC(=O)NC(C)(CO)C2CC2)CCCC1. The number of carbonyl (C=O) groups is 1. The maximum absolute atomic E-state index is 12.2. The average molecular weight is 298 g/mol. The van der Waals surface area contributed by atoms with Crippen LogP contribution >= 0.6 is 0 Å². The lowest BCUT2D eigenvalue weighted by atomic mass is 9.83. The normalized spacial score (nSPS) is 23.6. The number of urea groups is 1. The standard InChI is InChI=1S/C16H30N2O3/c1-15(12-19,13-5-6-13)18-14(20)17-11-16(9-10-21-2)7-3-4-8-16/h13,19H,3-12H2,1-2H3,(H2,17,18,20). The number of aliphatic hydroxyl groups excluding tert-OH is 1. The first kappa shape index (κ1) is 16.6. The summed E-state index contributed by atoms with van der Waals surface area (Å²) in [5.41, 5.74) is -0.276. The molecule has 1 unspecified atom stereocenters. The monoisotopic (exact) mass is 298 g/mol. The molecule has 0 radical (unpaired) electrons. The molecule has 2 saturated carbocycles. The van der Waals surface area contributed by atoms with Gasteiger partial charge in [-0.1, -0.05) is 12.8 Å². The molecular formula is C16H30N2O3. The Kier molecular flexibility index (Phi) is 5.49. The van der Waals surface area contributed by atoms with Crippen molar-refractivity contribution in [2.75, 3.05) is 26.9 Å². The van der Waals surface area contributed by atoms with Crippen LogP contribution in [0.3, 0.4) is 0 Å². The molecule has 0 saturated heterocycles. The summed E-state index contributed by atoms with van der Waals surface area (Å²) in [4.78, 5) is 12.2. The summed E-state index contributed by atoms with van der Waals surface area (Å²) in [5.74, 6) is 0.419. The number of rotatable bonds is 8. The molecule has 3 N–H and O–H groups in total. The van der Waals surface area contributed by atoms with Crippen molar-refractivity contribution in [1.29, 1.82) is 0 Å². The van der Waals surface area contributed by atoms with E-state index in [4.69, 9.17) is 4.74 Å². The van der Waals surface area contributed by atoms with Gasteiger partial charge >= 0.3 is 6.03 Å². The summed E-state index contributed by atoms with van der Waals surface area (Å²) < 4.78 is 5.21. The van der Waals surface area contributed by atoms with Crippen molar-refractivity contribution in [3.63, 3.8) is 0 Å². The third-order valence-electron chi connectivity index (χ3n) is 5.33. The van der Waals surface area contributed by atoms with Crippen LogP contribution in [0.5, 0.6) is 0 Å². The topological polar surface area (TPSA) is 70.6 Å². The van der Waals surface area contributed by atoms with E-state index >= 15 is 0 Å². The first-order valence-electron chi connectivity index (χ1n) is 8.19. The van der Waals surface area contributed by atoms with Gasteiger partial charge in [0.1, 0.15) is 0 Å². The molecule has 0 aromatic heterocycles. The molecule has 0 aromatic carbocycles. The summed E-state index contributed by atoms with van der Waals surface area (Å²) in [5, 5.41) is 15.5. The molecule has 2 rings (SSSR count). The van der Waals surface area contributed by atoms with Crippen LogP contribution in [0.4, 0.5) is 4.79 Å². The van der Waals surface area contributed by atoms with Crippen LogP contribution in [0.25, 0.3) is 0 Å². The minimum atomic E-state index is -0.473. The number of hydrogen-bond donors (Lipinski definition) is 3. The molecule has 5 heteroatoms. The Hall–Kier alpha value is -0.810. The molecule has 0 heterocycles. The smallest absolute Gasteiger partial charge is 0.315 e. The number of ether oxygens (including phenoxy) is 1. The zero-order valence-electron chi connectivity index (χ0n) is 13.4. The number of nitrogens with one attached hydrogen (secondary N) is 2. The van der Waals surface area contributed by atoms with Gasteiger partial charge < -0.3 is 20.5 Å². The Balaban J connectivity index is 1.81. The Morgan fingerprint density at radius 2 is 2.05 bits per heavy atom. The molecular weight excluding hydrogens is 268 g/mol. The van der Waals surface area contributed by atoms with E-state index in [0.717, 1.165) is 38.7 Å². The van der Waals surface area contributed by atoms with Gasteiger partial charge in [-0.2, -0.15) is 0 Å². The predicted octanol–water partition coefficient (Wildman–Crippen LogP) is 2.04. The number of amides is 2. The molecule has 0 bridgehead atoms. The van der Waals surface area contributed by atoms with Gasteiger partial charge in [-0.15, -0.1) is 0 Å². The lowest BCUT2D eigenvalue weighted by Gasteiger charge is -2.32. The quantitative estimate of drug-likeness (QED) is 0.642. The first-order chi connectivity index (χ1) is 10.0. The van der Waals surface area contributed by atoms with Crippen LogP contribution in [0, 0.1) is 11.3 Å². The summed E-state index contributed by atoms with van der Waals surface area (Å²) in [7, 11) is 1.73. The van der Waals surface area contributed by atoms with Crippen LogP contribution < -0.4 is 10.6 Å². The van der Waals surface area contributed by atoms with E-state index in [0.29, 0.717) is 12.5 Å². The first-order valence-corrected chi connectivity index (χ1v) is 8.19. The molecule has 2 aliphatic rings. The molecule has 0 spiro atoms. The van der Waals surface area contributed by atoms with Crippen molar-refractivity contribution in [1.82, 2.24) is 10.6 Å². The molecule has 2 fully saturated rings. The van der Waals surface area contributed by atoms with Crippen molar-refractivity contribution >= 4 is 6.03 Å². The van der Waals surface area contributed by atoms with E-state index < -0.39 is 5.54 Å². The molecule has 0 aliphatic heterocycles.